The predicted octanol–water partition coefficient (Wildman–Crippen LogP) is 6.29. The highest BCUT2D eigenvalue weighted by molar-refractivity contribution is 6.36. The van der Waals surface area contributed by atoms with Crippen LogP contribution in [0.15, 0.2) is 41.5 Å². The SMILES string of the molecule is C=C[C@@H]1C[C@]1(NC(=O)[C@@H]1CC(Oc2cc(-c3coc(NC(C)C)n3)nc3c(Cl)c(OCCN4CCOCC4(C)C)ccc23)CN1C(=O)[C@@H](NC(=O)O[C@@H]1C[C@@H]2C[C@@H]2C1)C(C)(C)C)C(=O)O. The molecule has 3 amide bonds. The minimum atomic E-state index is -1.55. The number of anilines is 1. The lowest BCUT2D eigenvalue weighted by Gasteiger charge is -2.41. The molecule has 4 heterocycles. The van der Waals surface area contributed by atoms with Gasteiger partial charge in [-0.05, 0) is 82.8 Å². The van der Waals surface area contributed by atoms with E-state index in [4.69, 9.17) is 39.9 Å². The molecule has 3 aliphatic carbocycles. The molecular weight excluding hydrogens is 858 g/mol. The van der Waals surface area contributed by atoms with Crippen molar-refractivity contribution in [3.63, 3.8) is 0 Å². The molecule has 5 fully saturated rings. The molecule has 3 saturated carbocycles. The van der Waals surface area contributed by atoms with E-state index in [9.17, 15) is 24.3 Å². The molecule has 2 aromatic heterocycles. The Hall–Kier alpha value is -5.13. The van der Waals surface area contributed by atoms with Crippen LogP contribution in [0.3, 0.4) is 0 Å². The Kier molecular flexibility index (Phi) is 12.8. The van der Waals surface area contributed by atoms with Gasteiger partial charge in [-0.1, -0.05) is 38.4 Å². The van der Waals surface area contributed by atoms with E-state index < -0.39 is 58.9 Å². The summed E-state index contributed by atoms with van der Waals surface area (Å²) < 4.78 is 30.3. The number of pyridine rings is 1. The topological polar surface area (TPSA) is 207 Å². The van der Waals surface area contributed by atoms with Crippen LogP contribution in [0.4, 0.5) is 10.8 Å². The number of nitrogens with one attached hydrogen (secondary N) is 3. The third-order valence-corrected chi connectivity index (χ3v) is 13.8. The first-order valence-corrected chi connectivity index (χ1v) is 23.1. The van der Waals surface area contributed by atoms with Gasteiger partial charge in [0.15, 0.2) is 0 Å². The van der Waals surface area contributed by atoms with Gasteiger partial charge in [-0.2, -0.15) is 4.98 Å². The summed E-state index contributed by atoms with van der Waals surface area (Å²) in [4.78, 5) is 68.3. The first kappa shape index (κ1) is 46.4. The van der Waals surface area contributed by atoms with Crippen LogP contribution in [-0.2, 0) is 23.9 Å². The monoisotopic (exact) mass is 919 g/mol. The molecular formula is C47H62ClN7O10. The van der Waals surface area contributed by atoms with E-state index in [1.165, 1.54) is 17.2 Å². The lowest BCUT2D eigenvalue weighted by Crippen LogP contribution is -2.59. The number of rotatable bonds is 16. The van der Waals surface area contributed by atoms with Gasteiger partial charge in [0.1, 0.15) is 64.9 Å². The second-order valence-electron chi connectivity index (χ2n) is 20.3. The fraction of sp³-hybridized carbons (Fsp3) is 0.617. The van der Waals surface area contributed by atoms with E-state index in [2.05, 4.69) is 46.3 Å². The van der Waals surface area contributed by atoms with Crippen LogP contribution >= 0.6 is 11.6 Å². The number of benzene rings is 1. The van der Waals surface area contributed by atoms with Gasteiger partial charge in [-0.3, -0.25) is 14.5 Å². The lowest BCUT2D eigenvalue weighted by atomic mass is 9.85. The highest BCUT2D eigenvalue weighted by Crippen LogP contribution is 2.52. The Balaban J connectivity index is 1.09. The Morgan fingerprint density at radius 2 is 1.82 bits per heavy atom. The van der Waals surface area contributed by atoms with E-state index >= 15 is 0 Å². The number of carbonyl (C=O) groups is 4. The van der Waals surface area contributed by atoms with Gasteiger partial charge in [0, 0.05) is 48.5 Å². The molecule has 3 aromatic rings. The van der Waals surface area contributed by atoms with Crippen LogP contribution in [0.1, 0.15) is 80.6 Å². The summed E-state index contributed by atoms with van der Waals surface area (Å²) in [5.74, 6) is -0.932. The number of hydrogen-bond acceptors (Lipinski definition) is 13. The summed E-state index contributed by atoms with van der Waals surface area (Å²) in [5.41, 5.74) is -1.36. The zero-order valence-corrected chi connectivity index (χ0v) is 39.0. The number of amides is 3. The van der Waals surface area contributed by atoms with Crippen molar-refractivity contribution in [3.05, 3.63) is 42.1 Å². The van der Waals surface area contributed by atoms with Crippen molar-refractivity contribution >= 4 is 52.4 Å². The van der Waals surface area contributed by atoms with Gasteiger partial charge in [0.05, 0.1) is 31.0 Å². The van der Waals surface area contributed by atoms with Crippen LogP contribution in [0.25, 0.3) is 22.3 Å². The number of fused-ring (bicyclic) bond motifs is 2. The van der Waals surface area contributed by atoms with Gasteiger partial charge in [0.2, 0.25) is 11.8 Å². The fourth-order valence-electron chi connectivity index (χ4n) is 9.57. The number of alkyl carbamates (subject to hydrolysis) is 1. The summed E-state index contributed by atoms with van der Waals surface area (Å²) in [6.45, 7) is 20.4. The molecule has 0 bridgehead atoms. The van der Waals surface area contributed by atoms with E-state index in [1.807, 2.05) is 34.6 Å². The van der Waals surface area contributed by atoms with Gasteiger partial charge in [-0.15, -0.1) is 6.58 Å². The number of likely N-dealkylation sites (tertiary alicyclic amines) is 1. The summed E-state index contributed by atoms with van der Waals surface area (Å²) in [5, 5.41) is 19.7. The van der Waals surface area contributed by atoms with Gasteiger partial charge >= 0.3 is 12.1 Å². The Bertz CT molecular complexity index is 2320. The second kappa shape index (κ2) is 17.9. The molecule has 352 valence electrons. The van der Waals surface area contributed by atoms with Gasteiger partial charge < -0.3 is 49.3 Å². The van der Waals surface area contributed by atoms with Crippen molar-refractivity contribution in [2.75, 3.05) is 44.8 Å². The molecule has 0 radical (unpaired) electrons. The second-order valence-corrected chi connectivity index (χ2v) is 20.7. The van der Waals surface area contributed by atoms with Crippen LogP contribution in [-0.4, -0.2) is 130 Å². The van der Waals surface area contributed by atoms with E-state index in [-0.39, 0.29) is 42.1 Å². The average molecular weight is 921 g/mol. The van der Waals surface area contributed by atoms with Crippen LogP contribution in [0, 0.1) is 23.2 Å². The molecule has 5 aliphatic rings. The first-order valence-electron chi connectivity index (χ1n) is 22.7. The van der Waals surface area contributed by atoms with Gasteiger partial charge in [0.25, 0.3) is 6.01 Å². The molecule has 2 aliphatic heterocycles. The Morgan fingerprint density at radius 3 is 2.48 bits per heavy atom. The van der Waals surface area contributed by atoms with Crippen molar-refractivity contribution in [3.8, 4) is 22.9 Å². The molecule has 17 nitrogen and oxygen atoms in total. The summed E-state index contributed by atoms with van der Waals surface area (Å²) in [6, 6.07) is 3.35. The molecule has 0 spiro atoms. The number of nitrogens with zero attached hydrogens (tertiary/aromatic N) is 4. The minimum Gasteiger partial charge on any atom is -0.491 e. The number of halogens is 1. The number of carboxylic acids is 1. The maximum Gasteiger partial charge on any atom is 0.408 e. The average Bonchev–Trinajstić information content (AvgIpc) is 3.91. The molecule has 8 rings (SSSR count). The summed E-state index contributed by atoms with van der Waals surface area (Å²) in [7, 11) is 0. The zero-order valence-electron chi connectivity index (χ0n) is 38.3. The predicted molar refractivity (Wildman–Crippen MR) is 242 cm³/mol. The Morgan fingerprint density at radius 1 is 1.06 bits per heavy atom. The number of carbonyl (C=O) groups excluding carboxylic acids is 3. The first-order chi connectivity index (χ1) is 30.8. The summed E-state index contributed by atoms with van der Waals surface area (Å²) >= 11 is 7.13. The third kappa shape index (κ3) is 9.87. The molecule has 4 N–H and O–H groups in total. The van der Waals surface area contributed by atoms with Crippen molar-refractivity contribution in [2.45, 2.75) is 122 Å². The molecule has 65 heavy (non-hydrogen) atoms. The van der Waals surface area contributed by atoms with Crippen molar-refractivity contribution < 1.29 is 47.6 Å². The number of aliphatic carboxylic acids is 1. The normalized spacial score (nSPS) is 27.4. The third-order valence-electron chi connectivity index (χ3n) is 13.5. The number of ether oxygens (including phenoxy) is 4. The number of carboxylic acid groups (broad SMARTS) is 1. The highest BCUT2D eigenvalue weighted by atomic mass is 35.5. The number of aromatic nitrogens is 2. The number of oxazole rings is 1. The molecule has 1 unspecified atom stereocenters. The van der Waals surface area contributed by atoms with Crippen LogP contribution < -0.4 is 25.4 Å². The van der Waals surface area contributed by atoms with E-state index in [0.29, 0.717) is 78.0 Å². The molecule has 2 saturated heterocycles. The van der Waals surface area contributed by atoms with Crippen molar-refractivity contribution in [2.24, 2.45) is 23.2 Å². The standard InChI is InChI=1S/C47H62ClN7O10/c1-9-28-21-47(28,42(58)59)53-40(56)34-19-30(22-55(34)41(57)39(45(4,5)6)52-44(60)65-29-17-26-16-27(26)18-29)64-36-20-32(33-23-63-43(51-33)49-25(2)3)50-38-31(36)10-11-35(37(38)48)62-15-13-54-12-14-61-24-46(54,7)8/h9-11,20,23,25-30,34,39H,1,12-19,21-22,24H2,2-8H3,(H,49,51)(H,52,60)(H,53,56)(H,58,59)/t26-,27+,28-,29+,30?,34+,39-,47-/m1/s1. The highest BCUT2D eigenvalue weighted by Gasteiger charge is 2.61. The van der Waals surface area contributed by atoms with Crippen molar-refractivity contribution in [1.29, 1.82) is 0 Å². The van der Waals surface area contributed by atoms with E-state index in [0.717, 1.165) is 25.8 Å². The maximum atomic E-state index is 14.8. The quantitative estimate of drug-likeness (QED) is 0.117. The fourth-order valence-corrected chi connectivity index (χ4v) is 9.83. The van der Waals surface area contributed by atoms with Crippen LogP contribution in [0.2, 0.25) is 5.02 Å². The Labute approximate surface area is 384 Å². The number of hydrogen-bond donors (Lipinski definition) is 4. The summed E-state index contributed by atoms with van der Waals surface area (Å²) in [6.07, 6.45) is 4.22. The van der Waals surface area contributed by atoms with Crippen LogP contribution in [0.5, 0.6) is 11.5 Å². The zero-order chi connectivity index (χ0) is 46.6. The lowest BCUT2D eigenvalue weighted by molar-refractivity contribution is -0.146. The smallest absolute Gasteiger partial charge is 0.408 e. The van der Waals surface area contributed by atoms with E-state index in [1.54, 1.807) is 18.2 Å². The molecule has 18 heteroatoms. The van der Waals surface area contributed by atoms with Gasteiger partial charge in [-0.25, -0.2) is 14.6 Å². The molecule has 8 atom stereocenters. The largest absolute Gasteiger partial charge is 0.491 e. The minimum absolute atomic E-state index is 0.00340. The molecule has 1 aromatic carbocycles. The van der Waals surface area contributed by atoms with Crippen molar-refractivity contribution in [1.82, 2.24) is 30.4 Å². The maximum absolute atomic E-state index is 14.8. The number of morpholine rings is 1.